The highest BCUT2D eigenvalue weighted by atomic mass is 35.5. The number of hydrogen-bond acceptors (Lipinski definition) is 1. The van der Waals surface area contributed by atoms with Gasteiger partial charge in [0.15, 0.2) is 0 Å². The number of rotatable bonds is 1. The summed E-state index contributed by atoms with van der Waals surface area (Å²) in [6.45, 7) is 1.16. The molecule has 2 heteroatoms. The molecule has 1 nitrogen and oxygen atoms in total. The summed E-state index contributed by atoms with van der Waals surface area (Å²) in [6.07, 6.45) is 3.95. The highest BCUT2D eigenvalue weighted by Crippen LogP contribution is 2.25. The molecule has 1 atom stereocenters. The molecule has 1 aliphatic heterocycles. The monoisotopic (exact) mass is 247 g/mol. The van der Waals surface area contributed by atoms with Gasteiger partial charge in [0.2, 0.25) is 0 Å². The van der Waals surface area contributed by atoms with Crippen LogP contribution in [0.2, 0.25) is 0 Å². The van der Waals surface area contributed by atoms with Gasteiger partial charge in [-0.15, -0.1) is 12.4 Å². The Hall–Kier alpha value is -1.05. The lowest BCUT2D eigenvalue weighted by atomic mass is 9.95. The van der Waals surface area contributed by atoms with Crippen LogP contribution in [-0.2, 0) is 0 Å². The molecule has 1 heterocycles. The fraction of sp³-hybridized carbons (Fsp3) is 0.333. The van der Waals surface area contributed by atoms with E-state index in [-0.39, 0.29) is 12.4 Å². The third-order valence-electron chi connectivity index (χ3n) is 3.49. The van der Waals surface area contributed by atoms with E-state index >= 15 is 0 Å². The lowest BCUT2D eigenvalue weighted by Gasteiger charge is -2.24. The van der Waals surface area contributed by atoms with Crippen LogP contribution >= 0.6 is 12.4 Å². The van der Waals surface area contributed by atoms with Gasteiger partial charge in [0, 0.05) is 6.04 Å². The van der Waals surface area contributed by atoms with Crippen LogP contribution in [0.4, 0.5) is 0 Å². The van der Waals surface area contributed by atoms with Crippen LogP contribution in [0.5, 0.6) is 0 Å². The average molecular weight is 248 g/mol. The fourth-order valence-electron chi connectivity index (χ4n) is 2.56. The largest absolute Gasteiger partial charge is 0.310 e. The van der Waals surface area contributed by atoms with E-state index in [2.05, 4.69) is 47.8 Å². The van der Waals surface area contributed by atoms with Crippen LogP contribution in [0, 0.1) is 0 Å². The van der Waals surface area contributed by atoms with Gasteiger partial charge in [-0.25, -0.2) is 0 Å². The van der Waals surface area contributed by atoms with Gasteiger partial charge in [-0.1, -0.05) is 42.8 Å². The predicted molar refractivity (Wildman–Crippen MR) is 75.8 cm³/mol. The van der Waals surface area contributed by atoms with Crippen molar-refractivity contribution in [1.29, 1.82) is 0 Å². The number of nitrogens with one attached hydrogen (secondary N) is 1. The molecule has 0 saturated carbocycles. The first kappa shape index (κ1) is 12.4. The van der Waals surface area contributed by atoms with Crippen molar-refractivity contribution in [2.75, 3.05) is 6.54 Å². The lowest BCUT2D eigenvalue weighted by Crippen LogP contribution is -2.26. The molecular formula is C15H18ClN. The topological polar surface area (TPSA) is 12.0 Å². The second-order valence-electron chi connectivity index (χ2n) is 4.61. The van der Waals surface area contributed by atoms with Crippen LogP contribution in [0.1, 0.15) is 30.9 Å². The number of fused-ring (bicyclic) bond motifs is 1. The van der Waals surface area contributed by atoms with Gasteiger partial charge < -0.3 is 5.32 Å². The van der Waals surface area contributed by atoms with Crippen LogP contribution in [-0.4, -0.2) is 6.54 Å². The predicted octanol–water partition coefficient (Wildman–Crippen LogP) is 4.08. The van der Waals surface area contributed by atoms with Crippen molar-refractivity contribution in [3.63, 3.8) is 0 Å². The summed E-state index contributed by atoms with van der Waals surface area (Å²) in [5, 5.41) is 6.29. The van der Waals surface area contributed by atoms with E-state index in [4.69, 9.17) is 0 Å². The Kier molecular flexibility index (Phi) is 4.03. The van der Waals surface area contributed by atoms with E-state index in [1.807, 2.05) is 0 Å². The summed E-state index contributed by atoms with van der Waals surface area (Å²) < 4.78 is 0. The van der Waals surface area contributed by atoms with E-state index in [0.29, 0.717) is 6.04 Å². The molecule has 0 aromatic heterocycles. The van der Waals surface area contributed by atoms with Gasteiger partial charge in [-0.2, -0.15) is 0 Å². The summed E-state index contributed by atoms with van der Waals surface area (Å²) in [5.74, 6) is 0. The Balaban J connectivity index is 0.00000108. The first-order valence-electron chi connectivity index (χ1n) is 6.15. The number of benzene rings is 2. The van der Waals surface area contributed by atoms with Gasteiger partial charge >= 0.3 is 0 Å². The van der Waals surface area contributed by atoms with Gasteiger partial charge in [0.1, 0.15) is 0 Å². The quantitative estimate of drug-likeness (QED) is 0.801. The van der Waals surface area contributed by atoms with Gasteiger partial charge in [-0.3, -0.25) is 0 Å². The van der Waals surface area contributed by atoms with E-state index in [0.717, 1.165) is 6.54 Å². The van der Waals surface area contributed by atoms with E-state index < -0.39 is 0 Å². The molecule has 2 aromatic rings. The molecule has 3 rings (SSSR count). The number of piperidine rings is 1. The van der Waals surface area contributed by atoms with Crippen LogP contribution in [0.3, 0.4) is 0 Å². The van der Waals surface area contributed by atoms with Crippen molar-refractivity contribution in [2.45, 2.75) is 25.3 Å². The highest BCUT2D eigenvalue weighted by Gasteiger charge is 2.14. The number of halogens is 1. The third-order valence-corrected chi connectivity index (χ3v) is 3.49. The molecular weight excluding hydrogens is 230 g/mol. The molecule has 0 radical (unpaired) electrons. The highest BCUT2D eigenvalue weighted by molar-refractivity contribution is 5.85. The molecule has 0 spiro atoms. The molecule has 1 aliphatic rings. The van der Waals surface area contributed by atoms with Crippen LogP contribution < -0.4 is 5.32 Å². The maximum Gasteiger partial charge on any atom is 0.0320 e. The standard InChI is InChI=1S/C15H17N.ClH/c1-2-6-13-11-14(9-8-12(13)5-1)15-7-3-4-10-16-15;/h1-2,5-6,8-9,11,15-16H,3-4,7,10H2;1H/t15-;/m1./s1. The Morgan fingerprint density at radius 3 is 2.53 bits per heavy atom. The molecule has 1 saturated heterocycles. The first-order chi connectivity index (χ1) is 7.93. The molecule has 1 fully saturated rings. The molecule has 1 N–H and O–H groups in total. The zero-order chi connectivity index (χ0) is 10.8. The van der Waals surface area contributed by atoms with Crippen molar-refractivity contribution in [2.24, 2.45) is 0 Å². The second kappa shape index (κ2) is 5.52. The summed E-state index contributed by atoms with van der Waals surface area (Å²) >= 11 is 0. The molecule has 2 aromatic carbocycles. The van der Waals surface area contributed by atoms with Gasteiger partial charge in [0.25, 0.3) is 0 Å². The number of hydrogen-bond donors (Lipinski definition) is 1. The van der Waals surface area contributed by atoms with Crippen LogP contribution in [0.15, 0.2) is 42.5 Å². The Labute approximate surface area is 109 Å². The fourth-order valence-corrected chi connectivity index (χ4v) is 2.56. The van der Waals surface area contributed by atoms with Crippen molar-refractivity contribution >= 4 is 23.2 Å². The minimum atomic E-state index is 0. The summed E-state index contributed by atoms with van der Waals surface area (Å²) in [7, 11) is 0. The van der Waals surface area contributed by atoms with E-state index in [1.165, 1.54) is 35.6 Å². The Morgan fingerprint density at radius 1 is 0.941 bits per heavy atom. The van der Waals surface area contributed by atoms with Crippen molar-refractivity contribution in [3.05, 3.63) is 48.0 Å². The molecule has 0 aliphatic carbocycles. The van der Waals surface area contributed by atoms with Gasteiger partial charge in [0.05, 0.1) is 0 Å². The second-order valence-corrected chi connectivity index (χ2v) is 4.61. The van der Waals surface area contributed by atoms with Crippen LogP contribution in [0.25, 0.3) is 10.8 Å². The van der Waals surface area contributed by atoms with Crippen molar-refractivity contribution in [1.82, 2.24) is 5.32 Å². The van der Waals surface area contributed by atoms with Crippen molar-refractivity contribution < 1.29 is 0 Å². The molecule has 0 amide bonds. The lowest BCUT2D eigenvalue weighted by molar-refractivity contribution is 0.412. The Bertz CT molecular complexity index is 489. The van der Waals surface area contributed by atoms with Crippen molar-refractivity contribution in [3.8, 4) is 0 Å². The smallest absolute Gasteiger partial charge is 0.0320 e. The maximum atomic E-state index is 3.60. The first-order valence-corrected chi connectivity index (χ1v) is 6.15. The Morgan fingerprint density at radius 2 is 1.76 bits per heavy atom. The SMILES string of the molecule is Cl.c1ccc2cc([C@H]3CCCCN3)ccc2c1. The maximum absolute atomic E-state index is 3.60. The summed E-state index contributed by atoms with van der Waals surface area (Å²) in [4.78, 5) is 0. The minimum Gasteiger partial charge on any atom is -0.310 e. The van der Waals surface area contributed by atoms with Gasteiger partial charge in [-0.05, 0) is 41.8 Å². The molecule has 0 unspecified atom stereocenters. The summed E-state index contributed by atoms with van der Waals surface area (Å²) in [6, 6.07) is 16.0. The van der Waals surface area contributed by atoms with E-state index in [9.17, 15) is 0 Å². The molecule has 17 heavy (non-hydrogen) atoms. The normalized spacial score (nSPS) is 19.9. The molecule has 90 valence electrons. The molecule has 0 bridgehead atoms. The van der Waals surface area contributed by atoms with E-state index in [1.54, 1.807) is 0 Å². The zero-order valence-corrected chi connectivity index (χ0v) is 10.7. The zero-order valence-electron chi connectivity index (χ0n) is 9.86. The summed E-state index contributed by atoms with van der Waals surface area (Å²) in [5.41, 5.74) is 1.44. The average Bonchev–Trinajstić information content (AvgIpc) is 2.39. The third kappa shape index (κ3) is 2.62. The minimum absolute atomic E-state index is 0.